The molecule has 29 heavy (non-hydrogen) atoms. The minimum atomic E-state index is -0.453. The summed E-state index contributed by atoms with van der Waals surface area (Å²) in [7, 11) is 0. The molecule has 4 rings (SSSR count). The maximum Gasteiger partial charge on any atom is 0.333 e. The zero-order chi connectivity index (χ0) is 20.2. The molecule has 3 aromatic rings. The molecule has 0 radical (unpaired) electrons. The Labute approximate surface area is 169 Å². The number of benzene rings is 3. The topological polar surface area (TPSA) is 58.6 Å². The first-order valence-electron chi connectivity index (χ1n) is 9.31. The molecule has 0 spiro atoms. The summed E-state index contributed by atoms with van der Waals surface area (Å²) in [5.74, 6) is 0.362. The summed E-state index contributed by atoms with van der Waals surface area (Å²) in [4.78, 5) is 26.0. The van der Waals surface area contributed by atoms with Crippen molar-refractivity contribution >= 4 is 23.7 Å². The molecule has 3 amide bonds. The fourth-order valence-electron chi connectivity index (χ4n) is 3.02. The number of carbonyl (C=O) groups excluding carboxylic acids is 2. The van der Waals surface area contributed by atoms with Gasteiger partial charge in [-0.3, -0.25) is 4.79 Å². The summed E-state index contributed by atoms with van der Waals surface area (Å²) in [6, 6.07) is 24.0. The number of ether oxygens (including phenoxy) is 1. The average molecular weight is 384 g/mol. The maximum atomic E-state index is 12.6. The Balaban J connectivity index is 1.44. The fraction of sp³-hybridized carbons (Fsp3) is 0.0833. The lowest BCUT2D eigenvalue weighted by molar-refractivity contribution is -0.113. The van der Waals surface area contributed by atoms with E-state index in [4.69, 9.17) is 4.74 Å². The Morgan fingerprint density at radius 3 is 2.28 bits per heavy atom. The Bertz CT molecular complexity index is 1060. The first kappa shape index (κ1) is 18.5. The van der Waals surface area contributed by atoms with Crippen molar-refractivity contribution in [3.8, 4) is 5.75 Å². The van der Waals surface area contributed by atoms with E-state index in [2.05, 4.69) is 24.4 Å². The number of anilines is 1. The van der Waals surface area contributed by atoms with Gasteiger partial charge in [0.2, 0.25) is 0 Å². The SMILES string of the molecule is Cc1ccc(COc2ccc(/C=C3/NC(=O)N(c4ccccc4)C3=O)cc2)cc1. The number of rotatable bonds is 5. The van der Waals surface area contributed by atoms with Gasteiger partial charge in [-0.05, 0) is 48.4 Å². The third-order valence-corrected chi connectivity index (χ3v) is 4.61. The number of amides is 3. The number of urea groups is 1. The van der Waals surface area contributed by atoms with E-state index in [-0.39, 0.29) is 11.6 Å². The highest BCUT2D eigenvalue weighted by atomic mass is 16.5. The first-order chi connectivity index (χ1) is 14.1. The van der Waals surface area contributed by atoms with Crippen molar-refractivity contribution in [2.45, 2.75) is 13.5 Å². The van der Waals surface area contributed by atoms with Gasteiger partial charge in [0, 0.05) is 0 Å². The van der Waals surface area contributed by atoms with Gasteiger partial charge in [0.05, 0.1) is 5.69 Å². The molecule has 1 N–H and O–H groups in total. The molecule has 1 aliphatic heterocycles. The molecule has 0 aliphatic carbocycles. The second kappa shape index (κ2) is 8.02. The third-order valence-electron chi connectivity index (χ3n) is 4.61. The summed E-state index contributed by atoms with van der Waals surface area (Å²) >= 11 is 0. The lowest BCUT2D eigenvalue weighted by Gasteiger charge is -2.10. The van der Waals surface area contributed by atoms with Crippen LogP contribution >= 0.6 is 0 Å². The van der Waals surface area contributed by atoms with E-state index in [0.29, 0.717) is 12.3 Å². The lowest BCUT2D eigenvalue weighted by Crippen LogP contribution is -2.30. The molecule has 1 heterocycles. The van der Waals surface area contributed by atoms with Gasteiger partial charge in [-0.15, -0.1) is 0 Å². The minimum absolute atomic E-state index is 0.243. The molecular formula is C24H20N2O3. The molecule has 0 unspecified atom stereocenters. The van der Waals surface area contributed by atoms with Crippen LogP contribution in [0, 0.1) is 6.92 Å². The smallest absolute Gasteiger partial charge is 0.333 e. The number of aryl methyl sites for hydroxylation is 1. The number of hydrogen-bond acceptors (Lipinski definition) is 3. The molecule has 0 saturated carbocycles. The van der Waals surface area contributed by atoms with Crippen molar-refractivity contribution in [2.24, 2.45) is 0 Å². The van der Waals surface area contributed by atoms with Crippen LogP contribution in [0.4, 0.5) is 10.5 Å². The Morgan fingerprint density at radius 2 is 1.59 bits per heavy atom. The van der Waals surface area contributed by atoms with Gasteiger partial charge in [-0.2, -0.15) is 0 Å². The van der Waals surface area contributed by atoms with Gasteiger partial charge in [0.25, 0.3) is 5.91 Å². The molecule has 3 aromatic carbocycles. The molecule has 1 aliphatic rings. The zero-order valence-electron chi connectivity index (χ0n) is 16.0. The van der Waals surface area contributed by atoms with Crippen LogP contribution in [-0.2, 0) is 11.4 Å². The summed E-state index contributed by atoms with van der Waals surface area (Å²) < 4.78 is 5.80. The monoisotopic (exact) mass is 384 g/mol. The van der Waals surface area contributed by atoms with Crippen LogP contribution < -0.4 is 15.0 Å². The number of nitrogens with zero attached hydrogens (tertiary/aromatic N) is 1. The van der Waals surface area contributed by atoms with Crippen molar-refractivity contribution in [2.75, 3.05) is 4.90 Å². The quantitative estimate of drug-likeness (QED) is 0.514. The van der Waals surface area contributed by atoms with Crippen molar-refractivity contribution in [3.05, 3.63) is 101 Å². The van der Waals surface area contributed by atoms with Gasteiger partial charge in [-0.25, -0.2) is 9.69 Å². The van der Waals surface area contributed by atoms with Crippen molar-refractivity contribution in [1.29, 1.82) is 0 Å². The van der Waals surface area contributed by atoms with Crippen molar-refractivity contribution in [3.63, 3.8) is 0 Å². The molecular weight excluding hydrogens is 364 g/mol. The molecule has 1 fully saturated rings. The Hall–Kier alpha value is -3.86. The van der Waals surface area contributed by atoms with Gasteiger partial charge >= 0.3 is 6.03 Å². The van der Waals surface area contributed by atoms with Gasteiger partial charge in [-0.1, -0.05) is 60.2 Å². The molecule has 1 saturated heterocycles. The summed E-state index contributed by atoms with van der Waals surface area (Å²) in [6.45, 7) is 2.54. The Morgan fingerprint density at radius 1 is 0.897 bits per heavy atom. The highest BCUT2D eigenvalue weighted by Gasteiger charge is 2.34. The second-order valence-electron chi connectivity index (χ2n) is 6.81. The van der Waals surface area contributed by atoms with E-state index >= 15 is 0 Å². The molecule has 5 nitrogen and oxygen atoms in total. The standard InChI is InChI=1S/C24H20N2O3/c1-17-7-9-19(10-8-17)16-29-21-13-11-18(12-14-21)15-22-23(27)26(24(28)25-22)20-5-3-2-4-6-20/h2-15H,16H2,1H3,(H,25,28)/b22-15+. The predicted molar refractivity (Wildman–Crippen MR) is 112 cm³/mol. The van der Waals surface area contributed by atoms with Gasteiger partial charge in [0.1, 0.15) is 18.1 Å². The number of nitrogens with one attached hydrogen (secondary N) is 1. The van der Waals surface area contributed by atoms with E-state index in [0.717, 1.165) is 21.8 Å². The first-order valence-corrected chi connectivity index (χ1v) is 9.31. The van der Waals surface area contributed by atoms with Gasteiger partial charge < -0.3 is 10.1 Å². The highest BCUT2D eigenvalue weighted by molar-refractivity contribution is 6.28. The van der Waals surface area contributed by atoms with Gasteiger partial charge in [0.15, 0.2) is 0 Å². The second-order valence-corrected chi connectivity index (χ2v) is 6.81. The van der Waals surface area contributed by atoms with E-state index in [1.165, 1.54) is 5.56 Å². The van der Waals surface area contributed by atoms with E-state index in [9.17, 15) is 9.59 Å². The molecule has 0 bridgehead atoms. The third kappa shape index (κ3) is 4.19. The van der Waals surface area contributed by atoms with Crippen molar-refractivity contribution in [1.82, 2.24) is 5.32 Å². The fourth-order valence-corrected chi connectivity index (χ4v) is 3.02. The van der Waals surface area contributed by atoms with Crippen molar-refractivity contribution < 1.29 is 14.3 Å². The normalized spacial score (nSPS) is 14.9. The van der Waals surface area contributed by atoms with E-state index < -0.39 is 6.03 Å². The van der Waals surface area contributed by atoms with Crippen LogP contribution in [0.1, 0.15) is 16.7 Å². The van der Waals surface area contributed by atoms with Crippen LogP contribution in [0.25, 0.3) is 6.08 Å². The number of para-hydroxylation sites is 1. The maximum absolute atomic E-state index is 12.6. The number of imide groups is 1. The van der Waals surface area contributed by atoms with Crippen LogP contribution in [-0.4, -0.2) is 11.9 Å². The van der Waals surface area contributed by atoms with Crippen LogP contribution in [0.15, 0.2) is 84.6 Å². The average Bonchev–Trinajstić information content (AvgIpc) is 3.02. The summed E-state index contributed by atoms with van der Waals surface area (Å²) in [6.07, 6.45) is 1.66. The number of carbonyl (C=O) groups is 2. The molecule has 0 atom stereocenters. The zero-order valence-corrected chi connectivity index (χ0v) is 16.0. The summed E-state index contributed by atoms with van der Waals surface area (Å²) in [5.41, 5.74) is 3.89. The number of hydrogen-bond donors (Lipinski definition) is 1. The minimum Gasteiger partial charge on any atom is -0.489 e. The van der Waals surface area contributed by atoms with Crippen LogP contribution in [0.5, 0.6) is 5.75 Å². The Kier molecular flexibility index (Phi) is 5.12. The van der Waals surface area contributed by atoms with E-state index in [1.807, 2.05) is 42.5 Å². The predicted octanol–water partition coefficient (Wildman–Crippen LogP) is 4.67. The molecule has 0 aromatic heterocycles. The molecule has 5 heteroatoms. The largest absolute Gasteiger partial charge is 0.489 e. The van der Waals surface area contributed by atoms with Crippen LogP contribution in [0.2, 0.25) is 0 Å². The molecule has 144 valence electrons. The van der Waals surface area contributed by atoms with Crippen LogP contribution in [0.3, 0.4) is 0 Å². The van der Waals surface area contributed by atoms with E-state index in [1.54, 1.807) is 30.3 Å². The lowest BCUT2D eigenvalue weighted by atomic mass is 10.1. The highest BCUT2D eigenvalue weighted by Crippen LogP contribution is 2.22. The summed E-state index contributed by atoms with van der Waals surface area (Å²) in [5, 5.41) is 2.63.